The highest BCUT2D eigenvalue weighted by molar-refractivity contribution is 7.80. The second-order valence-corrected chi connectivity index (χ2v) is 3.64. The Kier molecular flexibility index (Phi) is 2.96. The zero-order chi connectivity index (χ0) is 12.6. The third-order valence-corrected chi connectivity index (χ3v) is 2.15. The van der Waals surface area contributed by atoms with Crippen molar-refractivity contribution in [3.63, 3.8) is 0 Å². The molecule has 5 nitrogen and oxygen atoms in total. The molecule has 17 heavy (non-hydrogen) atoms. The summed E-state index contributed by atoms with van der Waals surface area (Å²) in [7, 11) is 1.42. The van der Waals surface area contributed by atoms with Crippen LogP contribution in [0, 0.1) is 0 Å². The van der Waals surface area contributed by atoms with Gasteiger partial charge in [-0.05, 0) is 6.07 Å². The van der Waals surface area contributed by atoms with Crippen molar-refractivity contribution in [2.75, 3.05) is 7.11 Å². The molecule has 2 heterocycles. The van der Waals surface area contributed by atoms with Gasteiger partial charge in [-0.3, -0.25) is 0 Å². The van der Waals surface area contributed by atoms with Gasteiger partial charge in [-0.25, -0.2) is 4.98 Å². The van der Waals surface area contributed by atoms with Crippen LogP contribution in [0.5, 0.6) is 0 Å². The second kappa shape index (κ2) is 4.15. The first-order valence-electron chi connectivity index (χ1n) is 4.43. The van der Waals surface area contributed by atoms with E-state index >= 15 is 0 Å². The van der Waals surface area contributed by atoms with Crippen molar-refractivity contribution < 1.29 is 17.9 Å². The van der Waals surface area contributed by atoms with Crippen LogP contribution in [0.1, 0.15) is 11.5 Å². The molecule has 0 saturated heterocycles. The zero-order valence-corrected chi connectivity index (χ0v) is 9.46. The summed E-state index contributed by atoms with van der Waals surface area (Å²) in [6.45, 7) is 0.0905. The van der Waals surface area contributed by atoms with Gasteiger partial charge in [0.1, 0.15) is 0 Å². The lowest BCUT2D eigenvalue weighted by Gasteiger charge is -2.02. The minimum Gasteiger partial charge on any atom is -0.378 e. The number of alkyl halides is 3. The van der Waals surface area contributed by atoms with Crippen molar-refractivity contribution in [3.8, 4) is 0 Å². The summed E-state index contributed by atoms with van der Waals surface area (Å²) in [5.74, 6) is -1.39. The third kappa shape index (κ3) is 2.34. The summed E-state index contributed by atoms with van der Waals surface area (Å²) in [6, 6.07) is 1.47. The lowest BCUT2D eigenvalue weighted by molar-refractivity contribution is -0.144. The van der Waals surface area contributed by atoms with Crippen LogP contribution in [-0.4, -0.2) is 26.7 Å². The molecule has 0 fully saturated rings. The average molecular weight is 264 g/mol. The highest BCUT2D eigenvalue weighted by Crippen LogP contribution is 2.26. The van der Waals surface area contributed by atoms with Crippen LogP contribution in [0.4, 0.5) is 13.2 Å². The first kappa shape index (κ1) is 12.1. The Hall–Kier alpha value is -1.35. The lowest BCUT2D eigenvalue weighted by Crippen LogP contribution is -2.08. The Bertz CT molecular complexity index is 553. The molecule has 0 aliphatic rings. The van der Waals surface area contributed by atoms with Gasteiger partial charge in [0.25, 0.3) is 11.6 Å². The number of hydrogen-bond acceptors (Lipinski definition) is 5. The smallest absolute Gasteiger partial charge is 0.378 e. The highest BCUT2D eigenvalue weighted by Gasteiger charge is 2.36. The van der Waals surface area contributed by atoms with Crippen LogP contribution < -0.4 is 0 Å². The molecule has 0 amide bonds. The number of ether oxygens (including phenoxy) is 1. The van der Waals surface area contributed by atoms with E-state index in [9.17, 15) is 13.2 Å². The molecule has 2 rings (SSSR count). The van der Waals surface area contributed by atoms with Gasteiger partial charge < -0.3 is 4.74 Å². The molecule has 0 atom stereocenters. The van der Waals surface area contributed by atoms with Crippen molar-refractivity contribution >= 4 is 18.4 Å². The lowest BCUT2D eigenvalue weighted by atomic mass is 10.4. The molecule has 0 aromatic carbocycles. The monoisotopic (exact) mass is 264 g/mol. The first-order valence-corrected chi connectivity index (χ1v) is 4.88. The van der Waals surface area contributed by atoms with E-state index in [0.717, 1.165) is 4.52 Å². The van der Waals surface area contributed by atoms with Crippen LogP contribution in [0.3, 0.4) is 0 Å². The van der Waals surface area contributed by atoms with Crippen molar-refractivity contribution in [1.29, 1.82) is 0 Å². The zero-order valence-electron chi connectivity index (χ0n) is 8.56. The largest absolute Gasteiger partial charge is 0.453 e. The first-order chi connectivity index (χ1) is 7.91. The van der Waals surface area contributed by atoms with Crippen LogP contribution in [0.15, 0.2) is 11.1 Å². The minimum absolute atomic E-state index is 0.0905. The van der Waals surface area contributed by atoms with E-state index in [1.165, 1.54) is 13.2 Å². The molecule has 9 heteroatoms. The Labute approximate surface area is 99.0 Å². The number of nitrogens with zero attached hydrogens (tertiary/aromatic N) is 4. The van der Waals surface area contributed by atoms with E-state index in [0.29, 0.717) is 5.69 Å². The average Bonchev–Trinajstić information content (AvgIpc) is 2.61. The van der Waals surface area contributed by atoms with E-state index in [1.54, 1.807) is 0 Å². The van der Waals surface area contributed by atoms with Gasteiger partial charge in [-0.15, -0.1) is 17.7 Å². The van der Waals surface area contributed by atoms with E-state index in [1.807, 2.05) is 0 Å². The van der Waals surface area contributed by atoms with Gasteiger partial charge in [-0.1, -0.05) is 0 Å². The molecule has 0 N–H and O–H groups in total. The van der Waals surface area contributed by atoms with Crippen molar-refractivity contribution in [3.05, 3.63) is 17.6 Å². The maximum atomic E-state index is 12.4. The summed E-state index contributed by atoms with van der Waals surface area (Å²) < 4.78 is 43.1. The van der Waals surface area contributed by atoms with Gasteiger partial charge in [0.05, 0.1) is 17.3 Å². The van der Waals surface area contributed by atoms with Gasteiger partial charge in [0, 0.05) is 7.11 Å². The summed E-state index contributed by atoms with van der Waals surface area (Å²) in [6.07, 6.45) is -4.60. The summed E-state index contributed by atoms with van der Waals surface area (Å²) in [4.78, 5) is 7.05. The Morgan fingerprint density at radius 3 is 2.71 bits per heavy atom. The highest BCUT2D eigenvalue weighted by atomic mass is 32.1. The summed E-state index contributed by atoms with van der Waals surface area (Å²) in [5.41, 5.74) is 0.394. The van der Waals surface area contributed by atoms with Crippen molar-refractivity contribution in [2.45, 2.75) is 17.8 Å². The molecule has 2 aromatic heterocycles. The molecule has 2 aromatic rings. The van der Waals surface area contributed by atoms with Crippen LogP contribution in [-0.2, 0) is 17.5 Å². The SMILES string of the molecule is COCc1cc(S)nc2nc(C(F)(F)F)nn12. The number of hydrogen-bond donors (Lipinski definition) is 1. The normalized spacial score (nSPS) is 12.3. The molecule has 0 unspecified atom stereocenters. The van der Waals surface area contributed by atoms with Gasteiger partial charge in [0.15, 0.2) is 0 Å². The van der Waals surface area contributed by atoms with Gasteiger partial charge >= 0.3 is 6.18 Å². The molecular formula is C8H7F3N4OS. The van der Waals surface area contributed by atoms with E-state index in [2.05, 4.69) is 27.7 Å². The summed E-state index contributed by atoms with van der Waals surface area (Å²) >= 11 is 3.98. The van der Waals surface area contributed by atoms with Crippen molar-refractivity contribution in [2.24, 2.45) is 0 Å². The van der Waals surface area contributed by atoms with Crippen LogP contribution in [0.25, 0.3) is 5.78 Å². The van der Waals surface area contributed by atoms with E-state index in [-0.39, 0.29) is 17.4 Å². The molecule has 0 bridgehead atoms. The number of methoxy groups -OCH3 is 1. The quantitative estimate of drug-likeness (QED) is 0.661. The second-order valence-electron chi connectivity index (χ2n) is 3.18. The number of aromatic nitrogens is 4. The fourth-order valence-corrected chi connectivity index (χ4v) is 1.52. The number of thiol groups is 1. The maximum absolute atomic E-state index is 12.4. The Balaban J connectivity index is 2.63. The Morgan fingerprint density at radius 1 is 1.41 bits per heavy atom. The van der Waals surface area contributed by atoms with Gasteiger partial charge in [0.2, 0.25) is 0 Å². The molecule has 92 valence electrons. The fraction of sp³-hybridized carbons (Fsp3) is 0.375. The molecule has 0 aliphatic heterocycles. The summed E-state index contributed by atoms with van der Waals surface area (Å²) in [5, 5.41) is 3.60. The molecule has 0 aliphatic carbocycles. The standard InChI is InChI=1S/C8H7F3N4OS/c1-16-3-4-2-5(17)12-7-13-6(8(9,10)11)14-15(4)7/h2H,3H2,1H3,(H,12,13,14,17). The predicted octanol–water partition coefficient (Wildman–Crippen LogP) is 1.58. The van der Waals surface area contributed by atoms with Crippen molar-refractivity contribution in [1.82, 2.24) is 19.6 Å². The number of fused-ring (bicyclic) bond motifs is 1. The molecule has 0 radical (unpaired) electrons. The molecule has 0 spiro atoms. The predicted molar refractivity (Wildman–Crippen MR) is 53.7 cm³/mol. The van der Waals surface area contributed by atoms with Crippen LogP contribution >= 0.6 is 12.6 Å². The minimum atomic E-state index is -4.60. The van der Waals surface area contributed by atoms with E-state index < -0.39 is 12.0 Å². The third-order valence-electron chi connectivity index (χ3n) is 1.92. The Morgan fingerprint density at radius 2 is 2.12 bits per heavy atom. The molecule has 0 saturated carbocycles. The fourth-order valence-electron chi connectivity index (χ4n) is 1.28. The van der Waals surface area contributed by atoms with E-state index in [4.69, 9.17) is 4.74 Å². The molecular weight excluding hydrogens is 257 g/mol. The van der Waals surface area contributed by atoms with Crippen LogP contribution in [0.2, 0.25) is 0 Å². The maximum Gasteiger partial charge on any atom is 0.453 e. The number of halogens is 3. The van der Waals surface area contributed by atoms with Gasteiger partial charge in [-0.2, -0.15) is 22.7 Å². The number of rotatable bonds is 2. The topological polar surface area (TPSA) is 52.3 Å².